The standard InChI is InChI=1S/C13H23NO6/c1-8(2)19-9(15)7-13(14,10(16)18-6)11(17)20-12(3,4)5/h8H,7,14H2,1-6H3. The minimum atomic E-state index is -2.21. The number of rotatable bonds is 5. The van der Waals surface area contributed by atoms with Gasteiger partial charge >= 0.3 is 17.9 Å². The van der Waals surface area contributed by atoms with E-state index in [9.17, 15) is 14.4 Å². The van der Waals surface area contributed by atoms with Gasteiger partial charge in [0.1, 0.15) is 5.60 Å². The van der Waals surface area contributed by atoms with Crippen LogP contribution in [0.2, 0.25) is 0 Å². The molecule has 1 unspecified atom stereocenters. The fraction of sp³-hybridized carbons (Fsp3) is 0.769. The molecule has 0 radical (unpaired) electrons. The van der Waals surface area contributed by atoms with Crippen LogP contribution in [-0.2, 0) is 28.6 Å². The maximum absolute atomic E-state index is 12.0. The lowest BCUT2D eigenvalue weighted by Gasteiger charge is -2.28. The van der Waals surface area contributed by atoms with E-state index in [1.165, 1.54) is 0 Å². The molecular formula is C13H23NO6. The first-order valence-corrected chi connectivity index (χ1v) is 6.22. The van der Waals surface area contributed by atoms with Crippen molar-refractivity contribution < 1.29 is 28.6 Å². The van der Waals surface area contributed by atoms with Gasteiger partial charge < -0.3 is 19.9 Å². The summed E-state index contributed by atoms with van der Waals surface area (Å²) in [5.74, 6) is -2.86. The van der Waals surface area contributed by atoms with Crippen LogP contribution in [0.15, 0.2) is 0 Å². The molecule has 0 aromatic carbocycles. The monoisotopic (exact) mass is 289 g/mol. The van der Waals surface area contributed by atoms with Crippen LogP contribution in [0.5, 0.6) is 0 Å². The second-order valence-corrected chi connectivity index (χ2v) is 5.68. The lowest BCUT2D eigenvalue weighted by molar-refractivity contribution is -0.175. The summed E-state index contributed by atoms with van der Waals surface area (Å²) < 4.78 is 14.4. The SMILES string of the molecule is COC(=O)C(N)(CC(=O)OC(C)C)C(=O)OC(C)(C)C. The molecule has 0 aliphatic heterocycles. The molecule has 2 N–H and O–H groups in total. The zero-order valence-corrected chi connectivity index (χ0v) is 12.8. The van der Waals surface area contributed by atoms with Crippen molar-refractivity contribution in [1.29, 1.82) is 0 Å². The van der Waals surface area contributed by atoms with E-state index in [1.54, 1.807) is 34.6 Å². The lowest BCUT2D eigenvalue weighted by Crippen LogP contribution is -2.59. The van der Waals surface area contributed by atoms with Gasteiger partial charge in [-0.05, 0) is 34.6 Å². The number of esters is 3. The highest BCUT2D eigenvalue weighted by atomic mass is 16.6. The Hall–Kier alpha value is -1.63. The summed E-state index contributed by atoms with van der Waals surface area (Å²) in [6.07, 6.45) is -1.03. The quantitative estimate of drug-likeness (QED) is 0.447. The lowest BCUT2D eigenvalue weighted by atomic mass is 9.96. The van der Waals surface area contributed by atoms with Gasteiger partial charge in [0.25, 0.3) is 0 Å². The molecule has 1 atom stereocenters. The number of carbonyl (C=O) groups is 3. The van der Waals surface area contributed by atoms with Crippen LogP contribution in [-0.4, -0.2) is 42.3 Å². The van der Waals surface area contributed by atoms with E-state index in [4.69, 9.17) is 15.2 Å². The molecule has 116 valence electrons. The zero-order chi connectivity index (χ0) is 16.1. The molecule has 0 fully saturated rings. The highest BCUT2D eigenvalue weighted by Crippen LogP contribution is 2.18. The summed E-state index contributed by atoms with van der Waals surface area (Å²) in [4.78, 5) is 35.4. The molecule has 0 aliphatic carbocycles. The molecule has 7 heteroatoms. The fourth-order valence-corrected chi connectivity index (χ4v) is 1.31. The number of hydrogen-bond donors (Lipinski definition) is 1. The Morgan fingerprint density at radius 2 is 1.60 bits per heavy atom. The number of hydrogen-bond acceptors (Lipinski definition) is 7. The van der Waals surface area contributed by atoms with E-state index >= 15 is 0 Å². The van der Waals surface area contributed by atoms with Crippen molar-refractivity contribution in [3.63, 3.8) is 0 Å². The molecule has 0 aromatic rings. The fourth-order valence-electron chi connectivity index (χ4n) is 1.31. The van der Waals surface area contributed by atoms with Crippen LogP contribution >= 0.6 is 0 Å². The molecule has 20 heavy (non-hydrogen) atoms. The third-order valence-corrected chi connectivity index (χ3v) is 2.10. The molecule has 0 aromatic heterocycles. The van der Waals surface area contributed by atoms with Gasteiger partial charge in [-0.2, -0.15) is 0 Å². The van der Waals surface area contributed by atoms with Crippen molar-refractivity contribution in [3.8, 4) is 0 Å². The molecule has 0 rings (SSSR count). The second kappa shape index (κ2) is 6.69. The van der Waals surface area contributed by atoms with Gasteiger partial charge in [-0.15, -0.1) is 0 Å². The molecule has 0 amide bonds. The van der Waals surface area contributed by atoms with Gasteiger partial charge in [-0.3, -0.25) is 4.79 Å². The van der Waals surface area contributed by atoms with Crippen LogP contribution in [0.1, 0.15) is 41.0 Å². The predicted molar refractivity (Wildman–Crippen MR) is 70.6 cm³/mol. The van der Waals surface area contributed by atoms with Crippen molar-refractivity contribution in [3.05, 3.63) is 0 Å². The second-order valence-electron chi connectivity index (χ2n) is 5.68. The number of ether oxygens (including phenoxy) is 3. The molecular weight excluding hydrogens is 266 g/mol. The topological polar surface area (TPSA) is 105 Å². The minimum absolute atomic E-state index is 0.386. The molecule has 0 saturated heterocycles. The first kappa shape index (κ1) is 18.4. The summed E-state index contributed by atoms with van der Waals surface area (Å²) in [5.41, 5.74) is 2.67. The molecule has 7 nitrogen and oxygen atoms in total. The van der Waals surface area contributed by atoms with Crippen LogP contribution in [0.3, 0.4) is 0 Å². The Morgan fingerprint density at radius 3 is 1.95 bits per heavy atom. The van der Waals surface area contributed by atoms with Gasteiger partial charge in [0.2, 0.25) is 5.54 Å². The normalized spacial score (nSPS) is 14.4. The zero-order valence-electron chi connectivity index (χ0n) is 12.8. The summed E-state index contributed by atoms with van der Waals surface area (Å²) in [6, 6.07) is 0. The van der Waals surface area contributed by atoms with Gasteiger partial charge in [0.15, 0.2) is 0 Å². The Bertz CT molecular complexity index is 385. The Kier molecular flexibility index (Phi) is 6.15. The van der Waals surface area contributed by atoms with Crippen LogP contribution in [0.25, 0.3) is 0 Å². The van der Waals surface area contributed by atoms with E-state index in [1.807, 2.05) is 0 Å². The first-order chi connectivity index (χ1) is 8.92. The molecule has 0 spiro atoms. The highest BCUT2D eigenvalue weighted by Gasteiger charge is 2.48. The van der Waals surface area contributed by atoms with Crippen molar-refractivity contribution in [2.45, 2.75) is 58.3 Å². The average molecular weight is 289 g/mol. The molecule has 0 aliphatic rings. The Morgan fingerprint density at radius 1 is 1.10 bits per heavy atom. The van der Waals surface area contributed by atoms with Crippen molar-refractivity contribution in [2.75, 3.05) is 7.11 Å². The number of nitrogens with two attached hydrogens (primary N) is 1. The average Bonchev–Trinajstić information content (AvgIpc) is 2.23. The van der Waals surface area contributed by atoms with E-state index in [-0.39, 0.29) is 6.10 Å². The van der Waals surface area contributed by atoms with Gasteiger partial charge in [0, 0.05) is 0 Å². The van der Waals surface area contributed by atoms with Crippen LogP contribution < -0.4 is 5.73 Å². The van der Waals surface area contributed by atoms with Crippen LogP contribution in [0.4, 0.5) is 0 Å². The van der Waals surface area contributed by atoms with E-state index in [0.29, 0.717) is 0 Å². The largest absolute Gasteiger partial charge is 0.467 e. The first-order valence-electron chi connectivity index (χ1n) is 6.22. The third kappa shape index (κ3) is 5.56. The van der Waals surface area contributed by atoms with Crippen LogP contribution in [0, 0.1) is 0 Å². The molecule has 0 saturated carbocycles. The van der Waals surface area contributed by atoms with Crippen molar-refractivity contribution in [1.82, 2.24) is 0 Å². The van der Waals surface area contributed by atoms with E-state index in [0.717, 1.165) is 7.11 Å². The number of carbonyl (C=O) groups excluding carboxylic acids is 3. The Labute approximate surface area is 118 Å². The highest BCUT2D eigenvalue weighted by molar-refractivity contribution is 6.07. The summed E-state index contributed by atoms with van der Waals surface area (Å²) in [6.45, 7) is 8.14. The van der Waals surface area contributed by atoms with Gasteiger partial charge in [0.05, 0.1) is 19.6 Å². The third-order valence-electron chi connectivity index (χ3n) is 2.10. The van der Waals surface area contributed by atoms with Gasteiger partial charge in [-0.25, -0.2) is 9.59 Å². The Balaban J connectivity index is 5.16. The minimum Gasteiger partial charge on any atom is -0.467 e. The summed E-state index contributed by atoms with van der Waals surface area (Å²) >= 11 is 0. The van der Waals surface area contributed by atoms with Gasteiger partial charge in [-0.1, -0.05) is 0 Å². The molecule has 0 bridgehead atoms. The maximum Gasteiger partial charge on any atom is 0.339 e. The molecule has 0 heterocycles. The maximum atomic E-state index is 12.0. The van der Waals surface area contributed by atoms with E-state index in [2.05, 4.69) is 4.74 Å². The van der Waals surface area contributed by atoms with Crippen molar-refractivity contribution >= 4 is 17.9 Å². The number of methoxy groups -OCH3 is 1. The summed E-state index contributed by atoms with van der Waals surface area (Å²) in [5, 5.41) is 0. The van der Waals surface area contributed by atoms with E-state index < -0.39 is 35.5 Å². The summed E-state index contributed by atoms with van der Waals surface area (Å²) in [7, 11) is 1.07. The van der Waals surface area contributed by atoms with Crippen molar-refractivity contribution in [2.24, 2.45) is 5.73 Å². The smallest absolute Gasteiger partial charge is 0.339 e. The predicted octanol–water partition coefficient (Wildman–Crippen LogP) is 0.540.